The number of nitrogens with one attached hydrogen (secondary N) is 1. The smallest absolute Gasteiger partial charge is 0.244 e. The number of hydrogen-bond donors (Lipinski definition) is 1. The summed E-state index contributed by atoms with van der Waals surface area (Å²) >= 11 is 12.2. The summed E-state index contributed by atoms with van der Waals surface area (Å²) in [4.78, 5) is 27.9. The van der Waals surface area contributed by atoms with Crippen LogP contribution >= 0.6 is 23.2 Å². The number of benzene rings is 2. The van der Waals surface area contributed by atoms with Crippen LogP contribution < -0.4 is 19.1 Å². The van der Waals surface area contributed by atoms with Crippen molar-refractivity contribution in [2.45, 2.75) is 33.4 Å². The molecule has 1 atom stereocenters. The average molecular weight is 575 g/mol. The maximum atomic E-state index is 13.7. The third kappa shape index (κ3) is 8.41. The maximum Gasteiger partial charge on any atom is 0.244 e. The Morgan fingerprint density at radius 2 is 1.68 bits per heavy atom. The predicted octanol–water partition coefficient (Wildman–Crippen LogP) is 3.97. The molecule has 2 rings (SSSR count). The number of ether oxygens (including phenoxy) is 2. The van der Waals surface area contributed by atoms with Crippen molar-refractivity contribution in [2.75, 3.05) is 37.9 Å². The van der Waals surface area contributed by atoms with E-state index in [2.05, 4.69) is 5.32 Å². The van der Waals surface area contributed by atoms with E-state index in [9.17, 15) is 18.0 Å². The second-order valence-corrected chi connectivity index (χ2v) is 11.6. The lowest BCUT2D eigenvalue weighted by Gasteiger charge is -2.32. The molecule has 0 aliphatic carbocycles. The summed E-state index contributed by atoms with van der Waals surface area (Å²) in [7, 11) is -1.11. The van der Waals surface area contributed by atoms with Gasteiger partial charge in [-0.2, -0.15) is 0 Å². The van der Waals surface area contributed by atoms with Gasteiger partial charge >= 0.3 is 0 Å². The number of amides is 2. The summed E-state index contributed by atoms with van der Waals surface area (Å²) in [6.45, 7) is 5.34. The molecule has 0 aliphatic heterocycles. The van der Waals surface area contributed by atoms with Gasteiger partial charge in [-0.05, 0) is 42.7 Å². The Kier molecular flexibility index (Phi) is 10.9. The first kappa shape index (κ1) is 30.5. The van der Waals surface area contributed by atoms with Crippen LogP contribution in [0.5, 0.6) is 11.5 Å². The first-order valence-electron chi connectivity index (χ1n) is 11.5. The highest BCUT2D eigenvalue weighted by atomic mass is 35.5. The summed E-state index contributed by atoms with van der Waals surface area (Å²) in [5, 5.41) is 3.46. The largest absolute Gasteiger partial charge is 0.497 e. The van der Waals surface area contributed by atoms with Gasteiger partial charge in [-0.15, -0.1) is 0 Å². The Labute approximate surface area is 228 Å². The lowest BCUT2D eigenvalue weighted by atomic mass is 10.1. The number of sulfonamides is 1. The van der Waals surface area contributed by atoms with Crippen molar-refractivity contribution in [3.63, 3.8) is 0 Å². The van der Waals surface area contributed by atoms with Gasteiger partial charge in [0.05, 0.1) is 36.2 Å². The maximum absolute atomic E-state index is 13.7. The van der Waals surface area contributed by atoms with Gasteiger partial charge in [0.25, 0.3) is 0 Å². The number of hydrogen-bond acceptors (Lipinski definition) is 6. The molecule has 0 saturated heterocycles. The number of carbonyl (C=O) groups is 2. The molecule has 0 aromatic heterocycles. The Morgan fingerprint density at radius 3 is 2.22 bits per heavy atom. The van der Waals surface area contributed by atoms with Crippen molar-refractivity contribution >= 4 is 50.7 Å². The van der Waals surface area contributed by atoms with E-state index >= 15 is 0 Å². The number of carbonyl (C=O) groups excluding carboxylic acids is 2. The van der Waals surface area contributed by atoms with Gasteiger partial charge in [0.15, 0.2) is 0 Å². The zero-order valence-corrected chi connectivity index (χ0v) is 24.1. The topological polar surface area (TPSA) is 105 Å². The van der Waals surface area contributed by atoms with Crippen LogP contribution in [0, 0.1) is 5.92 Å². The molecule has 0 unspecified atom stereocenters. The molecule has 1 N–H and O–H groups in total. The van der Waals surface area contributed by atoms with Crippen molar-refractivity contribution in [2.24, 2.45) is 5.92 Å². The summed E-state index contributed by atoms with van der Waals surface area (Å²) in [5.74, 6) is -0.152. The van der Waals surface area contributed by atoms with Crippen LogP contribution in [0.3, 0.4) is 0 Å². The van der Waals surface area contributed by atoms with Gasteiger partial charge in [0, 0.05) is 19.2 Å². The Morgan fingerprint density at radius 1 is 1.00 bits per heavy atom. The fourth-order valence-corrected chi connectivity index (χ4v) is 4.62. The molecule has 0 spiro atoms. The van der Waals surface area contributed by atoms with Crippen LogP contribution in [-0.2, 0) is 26.2 Å². The first-order valence-corrected chi connectivity index (χ1v) is 14.1. The molecule has 12 heteroatoms. The van der Waals surface area contributed by atoms with Crippen molar-refractivity contribution < 1.29 is 27.5 Å². The zero-order chi connectivity index (χ0) is 27.9. The highest BCUT2D eigenvalue weighted by Crippen LogP contribution is 2.34. The van der Waals surface area contributed by atoms with E-state index < -0.39 is 28.5 Å². The molecule has 204 valence electrons. The van der Waals surface area contributed by atoms with Crippen molar-refractivity contribution in [1.82, 2.24) is 10.2 Å². The standard InChI is InChI=1S/C25H33Cl2N3O6S/c1-16(2)13-28-25(32)17(3)29(14-18-7-9-20(26)21(27)11-18)24(31)15-30(37(6,33)34)22-12-19(35-4)8-10-23(22)36-5/h7-12,16-17H,13-15H2,1-6H3,(H,28,32)/t17-/m1/s1. The second-order valence-electron chi connectivity index (χ2n) is 8.89. The third-order valence-electron chi connectivity index (χ3n) is 5.52. The molecule has 0 saturated carbocycles. The van der Waals surface area contributed by atoms with Crippen molar-refractivity contribution in [3.8, 4) is 11.5 Å². The second kappa shape index (κ2) is 13.2. The lowest BCUT2D eigenvalue weighted by Crippen LogP contribution is -2.51. The summed E-state index contributed by atoms with van der Waals surface area (Å²) in [5.41, 5.74) is 0.750. The van der Waals surface area contributed by atoms with Crippen LogP contribution in [0.1, 0.15) is 26.3 Å². The van der Waals surface area contributed by atoms with E-state index in [4.69, 9.17) is 32.7 Å². The number of halogens is 2. The predicted molar refractivity (Wildman–Crippen MR) is 146 cm³/mol. The van der Waals surface area contributed by atoms with Gasteiger partial charge < -0.3 is 19.7 Å². The molecule has 0 bridgehead atoms. The Bertz CT molecular complexity index is 1220. The summed E-state index contributed by atoms with van der Waals surface area (Å²) in [6, 6.07) is 8.60. The average Bonchev–Trinajstić information content (AvgIpc) is 2.84. The van der Waals surface area contributed by atoms with E-state index in [0.717, 1.165) is 10.6 Å². The molecule has 0 heterocycles. The van der Waals surface area contributed by atoms with E-state index in [1.54, 1.807) is 37.3 Å². The molecule has 2 amide bonds. The highest BCUT2D eigenvalue weighted by Gasteiger charge is 2.31. The highest BCUT2D eigenvalue weighted by molar-refractivity contribution is 7.92. The molecule has 9 nitrogen and oxygen atoms in total. The van der Waals surface area contributed by atoms with E-state index in [0.29, 0.717) is 27.9 Å². The van der Waals surface area contributed by atoms with Crippen LogP contribution in [0.25, 0.3) is 0 Å². The van der Waals surface area contributed by atoms with Gasteiger partial charge in [-0.1, -0.05) is 43.1 Å². The molecular formula is C25H33Cl2N3O6S. The van der Waals surface area contributed by atoms with Gasteiger partial charge in [0.1, 0.15) is 24.1 Å². The summed E-state index contributed by atoms with van der Waals surface area (Å²) in [6.07, 6.45) is 0.987. The van der Waals surface area contributed by atoms with E-state index in [1.165, 1.54) is 25.2 Å². The normalized spacial score (nSPS) is 12.1. The minimum atomic E-state index is -3.95. The Balaban J connectivity index is 2.48. The number of rotatable bonds is 12. The molecule has 2 aromatic rings. The molecule has 37 heavy (non-hydrogen) atoms. The third-order valence-corrected chi connectivity index (χ3v) is 7.39. The van der Waals surface area contributed by atoms with Crippen LogP contribution in [-0.4, -0.2) is 64.7 Å². The minimum absolute atomic E-state index is 0.00116. The minimum Gasteiger partial charge on any atom is -0.497 e. The van der Waals surface area contributed by atoms with Crippen LogP contribution in [0.15, 0.2) is 36.4 Å². The van der Waals surface area contributed by atoms with Crippen molar-refractivity contribution in [3.05, 3.63) is 52.0 Å². The van der Waals surface area contributed by atoms with E-state index in [1.807, 2.05) is 13.8 Å². The molecule has 0 radical (unpaired) electrons. The number of methoxy groups -OCH3 is 2. The van der Waals surface area contributed by atoms with Gasteiger partial charge in [0.2, 0.25) is 21.8 Å². The van der Waals surface area contributed by atoms with Crippen LogP contribution in [0.4, 0.5) is 5.69 Å². The summed E-state index contributed by atoms with van der Waals surface area (Å²) < 4.78 is 37.2. The monoisotopic (exact) mass is 573 g/mol. The first-order chi connectivity index (χ1) is 17.3. The quantitative estimate of drug-likeness (QED) is 0.412. The zero-order valence-electron chi connectivity index (χ0n) is 21.7. The van der Waals surface area contributed by atoms with Gasteiger partial charge in [-0.3, -0.25) is 13.9 Å². The van der Waals surface area contributed by atoms with E-state index in [-0.39, 0.29) is 29.8 Å². The van der Waals surface area contributed by atoms with Crippen molar-refractivity contribution in [1.29, 1.82) is 0 Å². The number of anilines is 1. The molecule has 2 aromatic carbocycles. The SMILES string of the molecule is COc1ccc(OC)c(N(CC(=O)N(Cc2ccc(Cl)c(Cl)c2)[C@H](C)C(=O)NCC(C)C)S(C)(=O)=O)c1. The van der Waals surface area contributed by atoms with Crippen LogP contribution in [0.2, 0.25) is 10.0 Å². The fourth-order valence-electron chi connectivity index (χ4n) is 3.46. The lowest BCUT2D eigenvalue weighted by molar-refractivity contribution is -0.139. The van der Waals surface area contributed by atoms with Gasteiger partial charge in [-0.25, -0.2) is 8.42 Å². The Hall–Kier alpha value is -2.69. The fraction of sp³-hybridized carbons (Fsp3) is 0.440. The molecular weight excluding hydrogens is 541 g/mol. The number of nitrogens with zero attached hydrogens (tertiary/aromatic N) is 2. The molecule has 0 fully saturated rings. The molecule has 0 aliphatic rings.